The van der Waals surface area contributed by atoms with Crippen molar-refractivity contribution in [1.29, 1.82) is 5.26 Å². The number of hydrogen-bond acceptors (Lipinski definition) is 17. The number of aliphatic hydroxyl groups is 2. The third kappa shape index (κ3) is 21.0. The molecule has 1 aliphatic heterocycles. The normalized spacial score (nSPS) is 24.0. The number of nitrogens with zero attached hydrogens (tertiary/aromatic N) is 5. The van der Waals surface area contributed by atoms with Crippen molar-refractivity contribution in [1.82, 2.24) is 30.6 Å². The van der Waals surface area contributed by atoms with E-state index in [1.54, 1.807) is 11.3 Å². The van der Waals surface area contributed by atoms with E-state index in [4.69, 9.17) is 32.2 Å². The van der Waals surface area contributed by atoms with Gasteiger partial charge in [0.15, 0.2) is 0 Å². The van der Waals surface area contributed by atoms with Crippen LogP contribution in [0.3, 0.4) is 0 Å². The minimum absolute atomic E-state index is 0. The number of esters is 1. The van der Waals surface area contributed by atoms with Crippen LogP contribution in [-0.2, 0) is 51.2 Å². The second kappa shape index (κ2) is 37.6. The van der Waals surface area contributed by atoms with Crippen LogP contribution in [0.5, 0.6) is 5.75 Å². The monoisotopic (exact) mass is 1640 g/mol. The number of ketones is 1. The maximum absolute atomic E-state index is 12.0. The van der Waals surface area contributed by atoms with Gasteiger partial charge in [0.2, 0.25) is 0 Å². The van der Waals surface area contributed by atoms with E-state index >= 15 is 0 Å². The molecular formula is C70H80B2Br5N10NaO9. The molecule has 506 valence electrons. The number of hydrogen-bond donors (Lipinski definition) is 8. The molecular weight excluding hydrogens is 1570 g/mol. The Kier molecular flexibility index (Phi) is 32.0. The molecule has 19 nitrogen and oxygen atoms in total. The standard InChI is InChI=1S/C16H19N3O.C13H13BrN2O2.C13H16BrNO2.C12H16BrNO.C11H11BrO.C4H4BN2O2.CBrN.B.Na.H/c1-11-5-16(17,9-20)6-12-3-2-4-14(15(11)12)13-7-18-10-19-8-13;1-7-5-13(11(17)15-12(18)16-13)6-8-3-2-4-9(14)10(7)8;1-8-6-13(15,12(16)17-2)7-9-4-3-5-10(14)11(8)9;1-8-5-12(14,7-15)6-9-3-2-4-10(13)11(8)9;1-7-5-9(13)6-8-3-2-4-10(12)11(7)8;8-5-9-4-1-6-3-7-2-4;2-1-3;;;/h2-4,7-8,10-11,20H,5-6,9,17H2,1H3;2-4,7H,5-6H2,1H3,(H2,15,16,17,18);3-5,8H,6-7,15H2,1-2H3;2-4,8,15H,5-7,14H2,1H3;2-4,7H,5-6H2,1H3;1-3,8H;;;;/q;;;;;;;;+1;-1. The number of carbonyl (C=O) groups is 4. The van der Waals surface area contributed by atoms with E-state index in [1.165, 1.54) is 75.9 Å². The molecule has 13 rings (SSSR count). The van der Waals surface area contributed by atoms with Crippen molar-refractivity contribution < 1.29 is 74.8 Å². The van der Waals surface area contributed by atoms with Crippen molar-refractivity contribution in [2.45, 2.75) is 151 Å². The molecule has 2 aromatic heterocycles. The third-order valence-electron chi connectivity index (χ3n) is 17.8. The Morgan fingerprint density at radius 2 is 1.03 bits per heavy atom. The van der Waals surface area contributed by atoms with Crippen molar-refractivity contribution in [3.05, 3.63) is 202 Å². The van der Waals surface area contributed by atoms with E-state index in [0.717, 1.165) is 53.8 Å². The van der Waals surface area contributed by atoms with Gasteiger partial charge in [0.1, 0.15) is 40.2 Å². The smallest absolute Gasteiger partial charge is 1.00 e. The Morgan fingerprint density at radius 1 is 0.629 bits per heavy atom. The second-order valence-electron chi connectivity index (χ2n) is 25.3. The number of nitrogens with one attached hydrogen (secondary N) is 2. The van der Waals surface area contributed by atoms with Gasteiger partial charge >= 0.3 is 49.2 Å². The van der Waals surface area contributed by atoms with Crippen LogP contribution in [-0.4, -0.2) is 117 Å². The summed E-state index contributed by atoms with van der Waals surface area (Å²) in [4.78, 5) is 63.5. The number of amides is 3. The van der Waals surface area contributed by atoms with Crippen molar-refractivity contribution in [3.63, 3.8) is 0 Å². The number of fused-ring (bicyclic) bond motifs is 5. The molecule has 9 atom stereocenters. The van der Waals surface area contributed by atoms with Crippen molar-refractivity contribution >= 4 is 119 Å². The second-order valence-corrected chi connectivity index (χ2v) is 29.0. The van der Waals surface area contributed by atoms with Crippen molar-refractivity contribution in [2.24, 2.45) is 17.2 Å². The predicted molar refractivity (Wildman–Crippen MR) is 391 cm³/mol. The maximum Gasteiger partial charge on any atom is 1.00 e. The summed E-state index contributed by atoms with van der Waals surface area (Å²) in [5.74, 6) is 1.81. The summed E-state index contributed by atoms with van der Waals surface area (Å²) in [6, 6.07) is 30.2. The number of aliphatic hydroxyl groups excluding tert-OH is 2. The molecule has 6 aliphatic rings. The van der Waals surface area contributed by atoms with Gasteiger partial charge in [0.25, 0.3) is 5.91 Å². The zero-order valence-corrected chi connectivity index (χ0v) is 65.2. The van der Waals surface area contributed by atoms with Gasteiger partial charge in [0.05, 0.1) is 32.7 Å². The maximum atomic E-state index is 12.0. The molecule has 3 amide bonds. The van der Waals surface area contributed by atoms with Crippen LogP contribution in [0.25, 0.3) is 11.1 Å². The van der Waals surface area contributed by atoms with Crippen LogP contribution < -0.4 is 62.0 Å². The average molecular weight is 1650 g/mol. The molecule has 5 aromatic carbocycles. The number of carbonyl (C=O) groups excluding carboxylic acids is 4. The first kappa shape index (κ1) is 82.6. The topological polar surface area (TPSA) is 325 Å². The summed E-state index contributed by atoms with van der Waals surface area (Å²) < 4.78 is 13.8. The molecule has 3 heterocycles. The van der Waals surface area contributed by atoms with Crippen LogP contribution in [0.4, 0.5) is 4.79 Å². The molecule has 27 heteroatoms. The molecule has 1 saturated heterocycles. The van der Waals surface area contributed by atoms with Crippen LogP contribution in [0.2, 0.25) is 0 Å². The van der Waals surface area contributed by atoms with Crippen LogP contribution >= 0.6 is 79.6 Å². The summed E-state index contributed by atoms with van der Waals surface area (Å²) in [6.45, 7) is 10.7. The van der Waals surface area contributed by atoms with E-state index in [1.807, 2.05) is 79.1 Å². The fraction of sp³-hybridized carbons (Fsp3) is 0.386. The fourth-order valence-corrected chi connectivity index (χ4v) is 17.3. The Bertz CT molecular complexity index is 3900. The number of urea groups is 1. The summed E-state index contributed by atoms with van der Waals surface area (Å²) in [7, 11) is 1.97. The minimum atomic E-state index is -0.887. The summed E-state index contributed by atoms with van der Waals surface area (Å²) >= 11 is 16.7. The number of rotatable bonds is 6. The van der Waals surface area contributed by atoms with E-state index < -0.39 is 22.2 Å². The quantitative estimate of drug-likeness (QED) is 0.0439. The van der Waals surface area contributed by atoms with E-state index in [2.05, 4.69) is 174 Å². The number of aromatic nitrogens is 4. The van der Waals surface area contributed by atoms with Gasteiger partial charge < -0.3 is 48.6 Å². The van der Waals surface area contributed by atoms with E-state index in [9.17, 15) is 29.4 Å². The van der Waals surface area contributed by atoms with Gasteiger partial charge in [-0.15, -0.1) is 0 Å². The van der Waals surface area contributed by atoms with Crippen LogP contribution in [0.1, 0.15) is 153 Å². The minimum Gasteiger partial charge on any atom is -1.00 e. The first-order chi connectivity index (χ1) is 45.2. The van der Waals surface area contributed by atoms with Gasteiger partial charge in [-0.05, 0) is 154 Å². The first-order valence-corrected chi connectivity index (χ1v) is 34.8. The largest absolute Gasteiger partial charge is 1.00 e. The Labute approximate surface area is 636 Å². The molecule has 5 aliphatic carbocycles. The Morgan fingerprint density at radius 3 is 1.48 bits per heavy atom. The number of halogens is 5. The van der Waals surface area contributed by atoms with Gasteiger partial charge in [-0.25, -0.2) is 24.7 Å². The zero-order valence-electron chi connectivity index (χ0n) is 56.3. The van der Waals surface area contributed by atoms with Gasteiger partial charge in [-0.2, -0.15) is 5.26 Å². The SMILES string of the molecule is CC1CC(=O)Cc2cccc(Br)c21.CC1CC(N)(CO)Cc2cccc(-c3cncnc3)c21.CC1CC(N)(CO)Cc2cccc(Br)c21.CC1CC2(Cc3cccc(Br)c31)NC(=O)NC2=O.COC(=O)C1(N)Cc2cccc(Br)c2C(C)C1.N#CBr.O[B]Oc1cncnc1.[B].[H-].[Na+]. The molecule has 97 heavy (non-hydrogen) atoms. The number of nitrogens with two attached hydrogens (primary N) is 3. The summed E-state index contributed by atoms with van der Waals surface area (Å²) in [5, 5.41) is 39.4. The van der Waals surface area contributed by atoms with Gasteiger partial charge in [-0.1, -0.05) is 165 Å². The molecule has 9 unspecified atom stereocenters. The van der Waals surface area contributed by atoms with Gasteiger partial charge in [0, 0.05) is 97.0 Å². The number of ether oxygens (including phenoxy) is 1. The number of nitriles is 1. The third-order valence-corrected chi connectivity index (χ3v) is 20.6. The zero-order chi connectivity index (χ0) is 69.4. The molecule has 0 bridgehead atoms. The van der Waals surface area contributed by atoms with E-state index in [0.29, 0.717) is 81.9 Å². The van der Waals surface area contributed by atoms with Crippen LogP contribution in [0.15, 0.2) is 146 Å². The molecule has 7 aromatic rings. The Balaban J connectivity index is 0.000000249. The average Bonchev–Trinajstić information content (AvgIpc) is 0.850. The number of imide groups is 1. The predicted octanol–water partition coefficient (Wildman–Crippen LogP) is 8.57. The fourth-order valence-electron chi connectivity index (χ4n) is 14.1. The first-order valence-electron chi connectivity index (χ1n) is 30.9. The molecule has 4 radical (unpaired) electrons. The number of benzene rings is 5. The number of methoxy groups -OCH3 is 1. The van der Waals surface area contributed by atoms with Gasteiger partial charge in [-0.3, -0.25) is 19.7 Å². The molecule has 11 N–H and O–H groups in total. The summed E-state index contributed by atoms with van der Waals surface area (Å²) in [6.07, 6.45) is 16.3. The molecule has 0 saturated carbocycles. The van der Waals surface area contributed by atoms with E-state index in [-0.39, 0.29) is 82.4 Å². The number of Topliss-reactive ketones (excluding diaryl/α,β-unsaturated/α-hetero) is 1. The van der Waals surface area contributed by atoms with Crippen molar-refractivity contribution in [3.8, 4) is 21.9 Å². The van der Waals surface area contributed by atoms with Crippen molar-refractivity contribution in [2.75, 3.05) is 20.3 Å². The molecule has 1 fully saturated rings. The molecule has 1 spiro atoms. The summed E-state index contributed by atoms with van der Waals surface area (Å²) in [5.41, 5.74) is 30.7. The Hall–Kier alpha value is -5.08. The van der Waals surface area contributed by atoms with Crippen LogP contribution in [0, 0.1) is 10.2 Å².